The van der Waals surface area contributed by atoms with Gasteiger partial charge >= 0.3 is 0 Å². The minimum atomic E-state index is 0. The lowest BCUT2D eigenvalue weighted by Crippen LogP contribution is -1.91. The third-order valence-electron chi connectivity index (χ3n) is 1.60. The molecule has 74 valence electrons. The fourth-order valence-electron chi connectivity index (χ4n) is 0.998. The summed E-state index contributed by atoms with van der Waals surface area (Å²) in [7, 11) is 0. The average molecular weight is 277 g/mol. The number of H-pyrrole nitrogens is 1. The van der Waals surface area contributed by atoms with Crippen LogP contribution in [0.4, 0.5) is 5.69 Å². The topological polar surface area (TPSA) is 80.5 Å². The number of anilines is 1. The van der Waals surface area contributed by atoms with E-state index >= 15 is 0 Å². The molecule has 0 unspecified atom stereocenters. The van der Waals surface area contributed by atoms with Crippen molar-refractivity contribution in [2.75, 3.05) is 5.73 Å². The predicted octanol–water partition coefficient (Wildman–Crippen LogP) is 1.63. The third kappa shape index (κ3) is 2.02. The molecule has 2 rings (SSSR count). The molecule has 1 heterocycles. The van der Waals surface area contributed by atoms with Gasteiger partial charge in [-0.2, -0.15) is 5.21 Å². The molecule has 7 heteroatoms. The third-order valence-corrected chi connectivity index (χ3v) is 2.09. The molecule has 1 aromatic heterocycles. The minimum absolute atomic E-state index is 0. The first-order valence-electron chi connectivity index (χ1n) is 3.56. The molecule has 3 N–H and O–H groups in total. The number of aromatic amines is 1. The van der Waals surface area contributed by atoms with Gasteiger partial charge in [-0.05, 0) is 23.4 Å². The van der Waals surface area contributed by atoms with Crippen molar-refractivity contribution in [1.29, 1.82) is 0 Å². The molecule has 0 saturated carbocycles. The van der Waals surface area contributed by atoms with E-state index in [1.165, 1.54) is 0 Å². The maximum Gasteiger partial charge on any atom is 0.206 e. The summed E-state index contributed by atoms with van der Waals surface area (Å²) >= 11 is 3.34. The Balaban J connectivity index is 0.000000980. The predicted molar refractivity (Wildman–Crippen MR) is 59.0 cm³/mol. The second-order valence-corrected chi connectivity index (χ2v) is 3.38. The molecule has 0 spiro atoms. The molecular weight excluding hydrogens is 269 g/mol. The summed E-state index contributed by atoms with van der Waals surface area (Å²) in [6, 6.07) is 5.49. The van der Waals surface area contributed by atoms with E-state index in [1.54, 1.807) is 6.07 Å². The first-order chi connectivity index (χ1) is 6.27. The molecule has 0 aliphatic rings. The zero-order chi connectivity index (χ0) is 9.26. The lowest BCUT2D eigenvalue weighted by atomic mass is 10.2. The van der Waals surface area contributed by atoms with Gasteiger partial charge in [0.15, 0.2) is 0 Å². The van der Waals surface area contributed by atoms with Crippen molar-refractivity contribution in [1.82, 2.24) is 20.6 Å². The van der Waals surface area contributed by atoms with Gasteiger partial charge in [0.25, 0.3) is 0 Å². The highest BCUT2D eigenvalue weighted by atomic mass is 79.9. The number of rotatable bonds is 1. The van der Waals surface area contributed by atoms with E-state index < -0.39 is 0 Å². The van der Waals surface area contributed by atoms with Crippen LogP contribution in [-0.4, -0.2) is 20.6 Å². The van der Waals surface area contributed by atoms with Crippen LogP contribution in [0.5, 0.6) is 0 Å². The fourth-order valence-corrected chi connectivity index (χ4v) is 1.36. The van der Waals surface area contributed by atoms with Crippen molar-refractivity contribution in [2.45, 2.75) is 0 Å². The summed E-state index contributed by atoms with van der Waals surface area (Å²) in [5.41, 5.74) is 7.13. The van der Waals surface area contributed by atoms with Crippen LogP contribution in [0.1, 0.15) is 0 Å². The number of hydrogen-bond donors (Lipinski definition) is 2. The van der Waals surface area contributed by atoms with Crippen molar-refractivity contribution in [2.24, 2.45) is 0 Å². The number of nitrogens with zero attached hydrogens (tertiary/aromatic N) is 3. The summed E-state index contributed by atoms with van der Waals surface area (Å²) in [5.74, 6) is 0.499. The van der Waals surface area contributed by atoms with E-state index in [4.69, 9.17) is 5.73 Å². The maximum atomic E-state index is 5.74. The van der Waals surface area contributed by atoms with Crippen LogP contribution >= 0.6 is 28.3 Å². The fraction of sp³-hybridized carbons (Fsp3) is 0. The Morgan fingerprint density at radius 1 is 1.36 bits per heavy atom. The Kier molecular flexibility index (Phi) is 3.43. The van der Waals surface area contributed by atoms with Gasteiger partial charge in [0.2, 0.25) is 5.82 Å². The molecule has 0 aliphatic heterocycles. The van der Waals surface area contributed by atoms with Crippen LogP contribution in [0.3, 0.4) is 0 Å². The van der Waals surface area contributed by atoms with Crippen LogP contribution < -0.4 is 5.73 Å². The van der Waals surface area contributed by atoms with Crippen LogP contribution in [0.25, 0.3) is 11.4 Å². The zero-order valence-electron chi connectivity index (χ0n) is 6.94. The van der Waals surface area contributed by atoms with Crippen molar-refractivity contribution in [3.63, 3.8) is 0 Å². The Morgan fingerprint density at radius 3 is 2.79 bits per heavy atom. The molecule has 0 saturated heterocycles. The van der Waals surface area contributed by atoms with Crippen molar-refractivity contribution < 1.29 is 0 Å². The number of nitrogens with two attached hydrogens (primary N) is 1. The van der Waals surface area contributed by atoms with Crippen LogP contribution in [0.15, 0.2) is 22.7 Å². The molecule has 14 heavy (non-hydrogen) atoms. The highest BCUT2D eigenvalue weighted by Crippen LogP contribution is 2.25. The molecule has 2 aromatic rings. The molecule has 0 radical (unpaired) electrons. The van der Waals surface area contributed by atoms with E-state index in [9.17, 15) is 0 Å². The van der Waals surface area contributed by atoms with Crippen molar-refractivity contribution >= 4 is 34.0 Å². The van der Waals surface area contributed by atoms with Gasteiger partial charge in [-0.15, -0.1) is 22.6 Å². The monoisotopic (exact) mass is 275 g/mol. The second-order valence-electron chi connectivity index (χ2n) is 2.47. The van der Waals surface area contributed by atoms with Gasteiger partial charge in [0.1, 0.15) is 0 Å². The smallest absolute Gasteiger partial charge is 0.206 e. The van der Waals surface area contributed by atoms with E-state index in [2.05, 4.69) is 36.6 Å². The van der Waals surface area contributed by atoms with Gasteiger partial charge in [-0.25, -0.2) is 0 Å². The number of aromatic nitrogens is 4. The Bertz CT molecular complexity index is 416. The molecule has 0 atom stereocenters. The highest BCUT2D eigenvalue weighted by molar-refractivity contribution is 9.10. The quantitative estimate of drug-likeness (QED) is 0.776. The highest BCUT2D eigenvalue weighted by Gasteiger charge is 2.06. The molecule has 0 bridgehead atoms. The van der Waals surface area contributed by atoms with E-state index in [-0.39, 0.29) is 12.4 Å². The molecule has 0 amide bonds. The molecule has 1 aromatic carbocycles. The van der Waals surface area contributed by atoms with Crippen molar-refractivity contribution in [3.05, 3.63) is 22.7 Å². The maximum absolute atomic E-state index is 5.74. The minimum Gasteiger partial charge on any atom is -0.398 e. The number of halogens is 2. The van der Waals surface area contributed by atoms with Crippen LogP contribution in [0, 0.1) is 0 Å². The molecule has 5 nitrogen and oxygen atoms in total. The SMILES string of the molecule is Cl.Nc1ccc(Br)cc1-c1nn[nH]n1. The number of benzene rings is 1. The number of hydrogen-bond acceptors (Lipinski definition) is 4. The summed E-state index contributed by atoms with van der Waals surface area (Å²) in [6.45, 7) is 0. The lowest BCUT2D eigenvalue weighted by molar-refractivity contribution is 0.881. The normalized spacial score (nSPS) is 9.50. The first-order valence-corrected chi connectivity index (χ1v) is 4.35. The largest absolute Gasteiger partial charge is 0.398 e. The molecule has 0 aliphatic carbocycles. The summed E-state index contributed by atoms with van der Waals surface area (Å²) in [5, 5.41) is 13.5. The van der Waals surface area contributed by atoms with Crippen LogP contribution in [0.2, 0.25) is 0 Å². The summed E-state index contributed by atoms with van der Waals surface area (Å²) in [4.78, 5) is 0. The first kappa shape index (κ1) is 10.9. The van der Waals surface area contributed by atoms with Crippen molar-refractivity contribution in [3.8, 4) is 11.4 Å². The average Bonchev–Trinajstić information content (AvgIpc) is 2.61. The second kappa shape index (κ2) is 4.39. The van der Waals surface area contributed by atoms with Crippen LogP contribution in [-0.2, 0) is 0 Å². The number of nitrogens with one attached hydrogen (secondary N) is 1. The molecular formula is C7H7BrClN5. The van der Waals surface area contributed by atoms with Gasteiger partial charge in [0.05, 0.1) is 0 Å². The van der Waals surface area contributed by atoms with E-state index in [0.717, 1.165) is 10.0 Å². The Morgan fingerprint density at radius 2 is 2.14 bits per heavy atom. The summed E-state index contributed by atoms with van der Waals surface area (Å²) < 4.78 is 0.932. The van der Waals surface area contributed by atoms with E-state index in [1.807, 2.05) is 12.1 Å². The van der Waals surface area contributed by atoms with Gasteiger partial charge in [0, 0.05) is 15.7 Å². The van der Waals surface area contributed by atoms with E-state index in [0.29, 0.717) is 11.5 Å². The Labute approximate surface area is 94.6 Å². The summed E-state index contributed by atoms with van der Waals surface area (Å²) in [6.07, 6.45) is 0. The standard InChI is InChI=1S/C7H6BrN5.ClH/c8-4-1-2-6(9)5(3-4)7-10-12-13-11-7;/h1-3H,9H2,(H,10,11,12,13);1H. The van der Waals surface area contributed by atoms with Gasteiger partial charge < -0.3 is 5.73 Å². The van der Waals surface area contributed by atoms with Gasteiger partial charge in [-0.1, -0.05) is 15.9 Å². The van der Waals surface area contributed by atoms with Gasteiger partial charge in [-0.3, -0.25) is 0 Å². The molecule has 0 fully saturated rings. The lowest BCUT2D eigenvalue weighted by Gasteiger charge is -2.00. The Hall–Kier alpha value is -1.14. The number of nitrogen functional groups attached to an aromatic ring is 1. The number of tetrazole rings is 1. The zero-order valence-corrected chi connectivity index (χ0v) is 9.34.